The second kappa shape index (κ2) is 6.32. The van der Waals surface area contributed by atoms with Crippen LogP contribution in [0.1, 0.15) is 50.0 Å². The van der Waals surface area contributed by atoms with Gasteiger partial charge in [-0.05, 0) is 38.8 Å². The van der Waals surface area contributed by atoms with Crippen molar-refractivity contribution < 1.29 is 14.3 Å². The molecule has 3 heteroatoms. The predicted octanol–water partition coefficient (Wildman–Crippen LogP) is 3.63. The van der Waals surface area contributed by atoms with Crippen LogP contribution in [0.4, 0.5) is 0 Å². The fourth-order valence-electron chi connectivity index (χ4n) is 1.59. The molecule has 0 unspecified atom stereocenters. The largest absolute Gasteiger partial charge is 0.457 e. The van der Waals surface area contributed by atoms with Gasteiger partial charge in [0.25, 0.3) is 0 Å². The average molecular weight is 260 g/mol. The number of esters is 1. The van der Waals surface area contributed by atoms with Gasteiger partial charge in [-0.15, -0.1) is 0 Å². The normalized spacial score (nSPS) is 12.1. The highest BCUT2D eigenvalue weighted by molar-refractivity contribution is 5.95. The van der Waals surface area contributed by atoms with Crippen LogP contribution in [0.3, 0.4) is 0 Å². The summed E-state index contributed by atoms with van der Waals surface area (Å²) >= 11 is 0. The third-order valence-electron chi connectivity index (χ3n) is 2.49. The van der Waals surface area contributed by atoms with Gasteiger partial charge < -0.3 is 4.74 Å². The van der Waals surface area contributed by atoms with E-state index >= 15 is 0 Å². The zero-order chi connectivity index (χ0) is 14.5. The summed E-state index contributed by atoms with van der Waals surface area (Å²) in [6.07, 6.45) is 3.06. The molecule has 19 heavy (non-hydrogen) atoms. The molecule has 0 aliphatic carbocycles. The van der Waals surface area contributed by atoms with Gasteiger partial charge in [-0.3, -0.25) is 4.79 Å². The van der Waals surface area contributed by atoms with E-state index < -0.39 is 5.60 Å². The average Bonchev–Trinajstić information content (AvgIpc) is 2.34. The summed E-state index contributed by atoms with van der Waals surface area (Å²) in [6, 6.07) is 7.16. The molecular formula is C16H20O3. The van der Waals surface area contributed by atoms with Gasteiger partial charge in [-0.2, -0.15) is 0 Å². The highest BCUT2D eigenvalue weighted by Crippen LogP contribution is 2.17. The Bertz CT molecular complexity index is 493. The third kappa shape index (κ3) is 4.70. The van der Waals surface area contributed by atoms with Crippen molar-refractivity contribution >= 4 is 18.3 Å². The number of hydrogen-bond donors (Lipinski definition) is 0. The molecule has 1 aromatic rings. The molecule has 0 radical (unpaired) electrons. The van der Waals surface area contributed by atoms with Crippen LogP contribution >= 0.6 is 0 Å². The van der Waals surface area contributed by atoms with Crippen molar-refractivity contribution in [2.45, 2.75) is 39.7 Å². The Morgan fingerprint density at radius 3 is 2.26 bits per heavy atom. The Balaban J connectivity index is 3.05. The second-order valence-corrected chi connectivity index (χ2v) is 5.27. The zero-order valence-electron chi connectivity index (χ0n) is 11.9. The Labute approximate surface area is 114 Å². The van der Waals surface area contributed by atoms with E-state index in [1.165, 1.54) is 0 Å². The van der Waals surface area contributed by atoms with E-state index in [2.05, 4.69) is 0 Å². The number of aldehydes is 1. The van der Waals surface area contributed by atoms with E-state index in [1.807, 2.05) is 39.8 Å². The second-order valence-electron chi connectivity index (χ2n) is 5.27. The van der Waals surface area contributed by atoms with E-state index in [1.54, 1.807) is 18.2 Å². The molecule has 0 amide bonds. The van der Waals surface area contributed by atoms with Gasteiger partial charge >= 0.3 is 5.97 Å². The maximum atomic E-state index is 12.0. The minimum atomic E-state index is -0.518. The number of rotatable bonds is 4. The topological polar surface area (TPSA) is 43.4 Å². The molecule has 0 bridgehead atoms. The lowest BCUT2D eigenvalue weighted by atomic mass is 10.0. The molecule has 0 saturated carbocycles. The third-order valence-corrected chi connectivity index (χ3v) is 2.49. The summed E-state index contributed by atoms with van der Waals surface area (Å²) in [4.78, 5) is 23.0. The first-order valence-corrected chi connectivity index (χ1v) is 6.35. The number of benzene rings is 1. The molecule has 0 aliphatic heterocycles. The van der Waals surface area contributed by atoms with Gasteiger partial charge in [0, 0.05) is 11.1 Å². The standard InChI is InChI=1S/C16H20O3/c1-5-12(15(18)19-16(2,3)4)10-13-8-6-7-9-14(13)11-17/h6-11H,5H2,1-4H3. The first-order chi connectivity index (χ1) is 8.87. The van der Waals surface area contributed by atoms with Gasteiger partial charge in [0.1, 0.15) is 5.60 Å². The summed E-state index contributed by atoms with van der Waals surface area (Å²) in [5.41, 5.74) is 1.34. The first-order valence-electron chi connectivity index (χ1n) is 6.35. The minimum absolute atomic E-state index is 0.337. The molecule has 1 aromatic carbocycles. The van der Waals surface area contributed by atoms with Crippen LogP contribution in [0.15, 0.2) is 29.8 Å². The van der Waals surface area contributed by atoms with E-state index in [0.717, 1.165) is 11.8 Å². The Hall–Kier alpha value is -1.90. The van der Waals surface area contributed by atoms with Crippen LogP contribution < -0.4 is 0 Å². The number of carbonyl (C=O) groups excluding carboxylic acids is 2. The van der Waals surface area contributed by atoms with E-state index in [4.69, 9.17) is 4.74 Å². The van der Waals surface area contributed by atoms with Crippen molar-refractivity contribution in [3.63, 3.8) is 0 Å². The highest BCUT2D eigenvalue weighted by Gasteiger charge is 2.19. The first kappa shape index (κ1) is 15.2. The van der Waals surface area contributed by atoms with Crippen molar-refractivity contribution in [1.29, 1.82) is 0 Å². The highest BCUT2D eigenvalue weighted by atomic mass is 16.6. The van der Waals surface area contributed by atoms with E-state index in [-0.39, 0.29) is 5.97 Å². The number of carbonyl (C=O) groups is 2. The van der Waals surface area contributed by atoms with Gasteiger partial charge in [0.2, 0.25) is 0 Å². The summed E-state index contributed by atoms with van der Waals surface area (Å²) < 4.78 is 5.34. The molecule has 1 rings (SSSR count). The summed E-state index contributed by atoms with van der Waals surface area (Å²) in [6.45, 7) is 7.38. The molecule has 3 nitrogen and oxygen atoms in total. The fourth-order valence-corrected chi connectivity index (χ4v) is 1.59. The summed E-state index contributed by atoms with van der Waals surface area (Å²) in [7, 11) is 0. The Kier molecular flexibility index (Phi) is 5.04. The van der Waals surface area contributed by atoms with Crippen LogP contribution in [0.2, 0.25) is 0 Å². The lowest BCUT2D eigenvalue weighted by Gasteiger charge is -2.20. The molecule has 0 atom stereocenters. The van der Waals surface area contributed by atoms with Crippen molar-refractivity contribution in [2.24, 2.45) is 0 Å². The Morgan fingerprint density at radius 2 is 1.79 bits per heavy atom. The van der Waals surface area contributed by atoms with Crippen LogP contribution in [-0.2, 0) is 9.53 Å². The quantitative estimate of drug-likeness (QED) is 0.471. The molecule has 0 N–H and O–H groups in total. The smallest absolute Gasteiger partial charge is 0.334 e. The maximum absolute atomic E-state index is 12.0. The van der Waals surface area contributed by atoms with Gasteiger partial charge in [-0.1, -0.05) is 31.2 Å². The van der Waals surface area contributed by atoms with Crippen molar-refractivity contribution in [1.82, 2.24) is 0 Å². The molecule has 0 heterocycles. The monoisotopic (exact) mass is 260 g/mol. The molecule has 102 valence electrons. The van der Waals surface area contributed by atoms with Crippen LogP contribution in [0.5, 0.6) is 0 Å². The molecule has 0 fully saturated rings. The van der Waals surface area contributed by atoms with Gasteiger partial charge in [-0.25, -0.2) is 4.79 Å². The minimum Gasteiger partial charge on any atom is -0.457 e. The Morgan fingerprint density at radius 1 is 1.21 bits per heavy atom. The number of ether oxygens (including phenoxy) is 1. The molecule has 0 spiro atoms. The lowest BCUT2D eigenvalue weighted by molar-refractivity contribution is -0.149. The van der Waals surface area contributed by atoms with Crippen molar-refractivity contribution in [3.05, 3.63) is 41.0 Å². The van der Waals surface area contributed by atoms with Gasteiger partial charge in [0.15, 0.2) is 6.29 Å². The van der Waals surface area contributed by atoms with Crippen LogP contribution in [0, 0.1) is 0 Å². The summed E-state index contributed by atoms with van der Waals surface area (Å²) in [5, 5.41) is 0. The van der Waals surface area contributed by atoms with E-state index in [0.29, 0.717) is 17.6 Å². The summed E-state index contributed by atoms with van der Waals surface area (Å²) in [5.74, 6) is -0.337. The molecule has 0 saturated heterocycles. The maximum Gasteiger partial charge on any atom is 0.334 e. The van der Waals surface area contributed by atoms with Crippen LogP contribution in [-0.4, -0.2) is 17.9 Å². The van der Waals surface area contributed by atoms with E-state index in [9.17, 15) is 9.59 Å². The zero-order valence-corrected chi connectivity index (χ0v) is 11.9. The fraction of sp³-hybridized carbons (Fsp3) is 0.375. The lowest BCUT2D eigenvalue weighted by Crippen LogP contribution is -2.24. The van der Waals surface area contributed by atoms with Crippen LogP contribution in [0.25, 0.3) is 6.08 Å². The molecule has 0 aromatic heterocycles. The van der Waals surface area contributed by atoms with Crippen molar-refractivity contribution in [3.8, 4) is 0 Å². The van der Waals surface area contributed by atoms with Crippen molar-refractivity contribution in [2.75, 3.05) is 0 Å². The molecule has 0 aliphatic rings. The predicted molar refractivity (Wildman–Crippen MR) is 75.9 cm³/mol. The number of hydrogen-bond acceptors (Lipinski definition) is 3. The molecular weight excluding hydrogens is 240 g/mol. The van der Waals surface area contributed by atoms with Gasteiger partial charge in [0.05, 0.1) is 0 Å². The SMILES string of the molecule is CCC(=Cc1ccccc1C=O)C(=O)OC(C)(C)C.